The van der Waals surface area contributed by atoms with Crippen LogP contribution in [0.25, 0.3) is 0 Å². The third-order valence-corrected chi connectivity index (χ3v) is 4.57. The molecule has 1 aliphatic heterocycles. The largest absolute Gasteiger partial charge is 0.418 e. The van der Waals surface area contributed by atoms with Crippen LogP contribution in [0.3, 0.4) is 0 Å². The summed E-state index contributed by atoms with van der Waals surface area (Å²) in [4.78, 5) is 24.8. The van der Waals surface area contributed by atoms with Gasteiger partial charge >= 0.3 is 12.2 Å². The van der Waals surface area contributed by atoms with Crippen LogP contribution in [-0.2, 0) is 11.0 Å². The number of alkyl halides is 3. The predicted molar refractivity (Wildman–Crippen MR) is 98.3 cm³/mol. The van der Waals surface area contributed by atoms with Crippen molar-refractivity contribution in [3.8, 4) is 0 Å². The third kappa shape index (κ3) is 3.85. The van der Waals surface area contributed by atoms with Gasteiger partial charge in [0.15, 0.2) is 0 Å². The molecule has 1 saturated heterocycles. The van der Waals surface area contributed by atoms with E-state index in [0.29, 0.717) is 5.56 Å². The summed E-state index contributed by atoms with van der Waals surface area (Å²) >= 11 is 0. The van der Waals surface area contributed by atoms with Gasteiger partial charge in [-0.1, -0.05) is 43.0 Å². The highest BCUT2D eigenvalue weighted by Gasteiger charge is 2.40. The number of halogens is 3. The molecule has 3 amide bonds. The molecule has 0 unspecified atom stereocenters. The van der Waals surface area contributed by atoms with Crippen molar-refractivity contribution >= 4 is 17.6 Å². The van der Waals surface area contributed by atoms with Gasteiger partial charge in [0.05, 0.1) is 17.3 Å². The van der Waals surface area contributed by atoms with Crippen LogP contribution < -0.4 is 16.0 Å². The van der Waals surface area contributed by atoms with Crippen molar-refractivity contribution < 1.29 is 22.8 Å². The Hall–Kier alpha value is -3.29. The lowest BCUT2D eigenvalue weighted by atomic mass is 9.86. The van der Waals surface area contributed by atoms with Gasteiger partial charge < -0.3 is 16.0 Å². The van der Waals surface area contributed by atoms with E-state index >= 15 is 0 Å². The van der Waals surface area contributed by atoms with Crippen molar-refractivity contribution in [1.82, 2.24) is 10.6 Å². The highest BCUT2D eigenvalue weighted by Crippen LogP contribution is 2.36. The standard InChI is InChI=1S/C20H18F3N3O2/c1-11-7-3-4-8-13(11)17-16(12(2)24-19(28)26-17)18(27)25-15-10-6-5-9-14(15)20(21,22)23/h3-10,16-17H,2H2,1H3,(H,25,27)(H2,24,26,28)/t16-,17+/m0/s1. The third-order valence-electron chi connectivity index (χ3n) is 4.57. The van der Waals surface area contributed by atoms with E-state index in [-0.39, 0.29) is 11.4 Å². The molecule has 3 N–H and O–H groups in total. The van der Waals surface area contributed by atoms with Gasteiger partial charge in [-0.05, 0) is 30.2 Å². The van der Waals surface area contributed by atoms with Crippen LogP contribution in [-0.4, -0.2) is 11.9 Å². The predicted octanol–water partition coefficient (Wildman–Crippen LogP) is 4.14. The first kappa shape index (κ1) is 19.5. The lowest BCUT2D eigenvalue weighted by Crippen LogP contribution is -2.52. The van der Waals surface area contributed by atoms with Crippen LogP contribution in [0.4, 0.5) is 23.7 Å². The molecule has 1 aliphatic rings. The van der Waals surface area contributed by atoms with Crippen LogP contribution in [0.2, 0.25) is 0 Å². The number of hydrogen-bond acceptors (Lipinski definition) is 2. The van der Waals surface area contributed by atoms with Gasteiger partial charge in [0.2, 0.25) is 5.91 Å². The molecule has 2 aromatic rings. The van der Waals surface area contributed by atoms with E-state index in [1.165, 1.54) is 18.2 Å². The Bertz CT molecular complexity index is 940. The lowest BCUT2D eigenvalue weighted by molar-refractivity contribution is -0.137. The van der Waals surface area contributed by atoms with Crippen LogP contribution in [0.1, 0.15) is 22.7 Å². The molecule has 1 fully saturated rings. The molecular weight excluding hydrogens is 371 g/mol. The van der Waals surface area contributed by atoms with Gasteiger partial charge in [-0.2, -0.15) is 13.2 Å². The lowest BCUT2D eigenvalue weighted by Gasteiger charge is -2.34. The fraction of sp³-hybridized carbons (Fsp3) is 0.200. The molecule has 8 heteroatoms. The van der Waals surface area contributed by atoms with Gasteiger partial charge in [-0.3, -0.25) is 4.79 Å². The molecule has 28 heavy (non-hydrogen) atoms. The maximum absolute atomic E-state index is 13.2. The Morgan fingerprint density at radius 3 is 2.43 bits per heavy atom. The van der Waals surface area contributed by atoms with E-state index < -0.39 is 35.6 Å². The minimum absolute atomic E-state index is 0.110. The number of anilines is 1. The fourth-order valence-electron chi connectivity index (χ4n) is 3.24. The Kier molecular flexibility index (Phi) is 5.13. The van der Waals surface area contributed by atoms with Crippen molar-refractivity contribution in [2.45, 2.75) is 19.1 Å². The molecule has 0 aliphatic carbocycles. The quantitative estimate of drug-likeness (QED) is 0.739. The molecule has 0 spiro atoms. The first-order valence-electron chi connectivity index (χ1n) is 8.47. The number of aryl methyl sites for hydroxylation is 1. The normalized spacial score (nSPS) is 19.6. The summed E-state index contributed by atoms with van der Waals surface area (Å²) in [6.07, 6.45) is -4.62. The topological polar surface area (TPSA) is 70.2 Å². The molecule has 0 bridgehead atoms. The van der Waals surface area contributed by atoms with E-state index in [2.05, 4.69) is 22.5 Å². The SMILES string of the molecule is C=C1NC(=O)N[C@H](c2ccccc2C)[C@H]1C(=O)Nc1ccccc1C(F)(F)F. The second kappa shape index (κ2) is 7.38. The second-order valence-electron chi connectivity index (χ2n) is 6.47. The smallest absolute Gasteiger partial charge is 0.330 e. The number of carbonyl (C=O) groups excluding carboxylic acids is 2. The van der Waals surface area contributed by atoms with Crippen molar-refractivity contribution in [3.63, 3.8) is 0 Å². The number of carbonyl (C=O) groups is 2. The van der Waals surface area contributed by atoms with Crippen LogP contribution in [0, 0.1) is 12.8 Å². The Balaban J connectivity index is 1.96. The van der Waals surface area contributed by atoms with E-state index in [1.807, 2.05) is 19.1 Å². The zero-order valence-corrected chi connectivity index (χ0v) is 14.9. The Morgan fingerprint density at radius 2 is 1.75 bits per heavy atom. The molecule has 1 heterocycles. The average molecular weight is 389 g/mol. The molecule has 5 nitrogen and oxygen atoms in total. The van der Waals surface area contributed by atoms with Crippen molar-refractivity contribution in [1.29, 1.82) is 0 Å². The highest BCUT2D eigenvalue weighted by molar-refractivity contribution is 5.97. The van der Waals surface area contributed by atoms with E-state index in [0.717, 1.165) is 11.6 Å². The summed E-state index contributed by atoms with van der Waals surface area (Å²) < 4.78 is 39.7. The van der Waals surface area contributed by atoms with Crippen molar-refractivity contribution in [2.75, 3.05) is 5.32 Å². The molecule has 0 aromatic heterocycles. The van der Waals surface area contributed by atoms with E-state index in [1.54, 1.807) is 12.1 Å². The second-order valence-corrected chi connectivity index (χ2v) is 6.47. The van der Waals surface area contributed by atoms with Gasteiger partial charge in [0.1, 0.15) is 5.92 Å². The summed E-state index contributed by atoms with van der Waals surface area (Å²) in [5.41, 5.74) is 0.320. The summed E-state index contributed by atoms with van der Waals surface area (Å²) in [7, 11) is 0. The minimum Gasteiger partial charge on any atom is -0.330 e. The maximum Gasteiger partial charge on any atom is 0.418 e. The number of amides is 3. The fourth-order valence-corrected chi connectivity index (χ4v) is 3.24. The molecule has 3 rings (SSSR count). The van der Waals surface area contributed by atoms with Gasteiger partial charge in [-0.15, -0.1) is 0 Å². The molecule has 2 aromatic carbocycles. The number of urea groups is 1. The number of para-hydroxylation sites is 1. The van der Waals surface area contributed by atoms with Gasteiger partial charge in [0.25, 0.3) is 0 Å². The number of benzene rings is 2. The Morgan fingerprint density at radius 1 is 1.11 bits per heavy atom. The van der Waals surface area contributed by atoms with Gasteiger partial charge in [-0.25, -0.2) is 4.79 Å². The summed E-state index contributed by atoms with van der Waals surface area (Å²) in [6, 6.07) is 10.6. The minimum atomic E-state index is -4.62. The molecular formula is C20H18F3N3O2. The highest BCUT2D eigenvalue weighted by atomic mass is 19.4. The molecule has 2 atom stereocenters. The summed E-state index contributed by atoms with van der Waals surface area (Å²) in [6.45, 7) is 5.55. The summed E-state index contributed by atoms with van der Waals surface area (Å²) in [5.74, 6) is -1.71. The van der Waals surface area contributed by atoms with Crippen LogP contribution in [0.15, 0.2) is 60.8 Å². The van der Waals surface area contributed by atoms with Crippen LogP contribution >= 0.6 is 0 Å². The zero-order chi connectivity index (χ0) is 20.5. The number of hydrogen-bond donors (Lipinski definition) is 3. The number of rotatable bonds is 3. The monoisotopic (exact) mass is 389 g/mol. The van der Waals surface area contributed by atoms with E-state index in [4.69, 9.17) is 0 Å². The van der Waals surface area contributed by atoms with Crippen molar-refractivity contribution in [3.05, 3.63) is 77.5 Å². The number of nitrogens with one attached hydrogen (secondary N) is 3. The van der Waals surface area contributed by atoms with Crippen molar-refractivity contribution in [2.24, 2.45) is 5.92 Å². The first-order valence-corrected chi connectivity index (χ1v) is 8.47. The zero-order valence-electron chi connectivity index (χ0n) is 14.9. The maximum atomic E-state index is 13.2. The average Bonchev–Trinajstić information content (AvgIpc) is 2.61. The Labute approximate surface area is 159 Å². The molecule has 0 saturated carbocycles. The summed E-state index contributed by atoms with van der Waals surface area (Å²) in [5, 5.41) is 7.44. The van der Waals surface area contributed by atoms with E-state index in [9.17, 15) is 22.8 Å². The van der Waals surface area contributed by atoms with Crippen LogP contribution in [0.5, 0.6) is 0 Å². The first-order chi connectivity index (χ1) is 13.2. The molecule has 0 radical (unpaired) electrons. The van der Waals surface area contributed by atoms with Gasteiger partial charge in [0, 0.05) is 5.70 Å². The molecule has 146 valence electrons.